The first kappa shape index (κ1) is 14.5. The van der Waals surface area contributed by atoms with Crippen LogP contribution in [-0.2, 0) is 0 Å². The summed E-state index contributed by atoms with van der Waals surface area (Å²) in [6, 6.07) is 1.43. The first-order chi connectivity index (χ1) is 10.0. The van der Waals surface area contributed by atoms with Crippen molar-refractivity contribution < 1.29 is 9.72 Å². The normalized spacial score (nSPS) is 20.9. The van der Waals surface area contributed by atoms with Crippen molar-refractivity contribution in [1.82, 2.24) is 0 Å². The number of rotatable bonds is 3. The van der Waals surface area contributed by atoms with Crippen LogP contribution in [0.15, 0.2) is 6.07 Å². The molecule has 2 heterocycles. The number of thiophene rings is 1. The quantitative estimate of drug-likeness (QED) is 0.480. The molecule has 2 fully saturated rings. The number of carbonyl (C=O) groups excluding carboxylic acids is 1. The first-order valence-electron chi connectivity index (χ1n) is 7.55. The van der Waals surface area contributed by atoms with Crippen molar-refractivity contribution in [3.8, 4) is 0 Å². The van der Waals surface area contributed by atoms with Gasteiger partial charge in [0, 0.05) is 19.2 Å². The fraction of sp³-hybridized carbons (Fsp3) is 0.667. The number of nitrogens with zero attached hydrogens (tertiary/aromatic N) is 2. The molecule has 1 aliphatic heterocycles. The van der Waals surface area contributed by atoms with E-state index in [0.29, 0.717) is 15.3 Å². The van der Waals surface area contributed by atoms with E-state index < -0.39 is 0 Å². The van der Waals surface area contributed by atoms with Crippen molar-refractivity contribution in [1.29, 1.82) is 0 Å². The Hall–Kier alpha value is -1.43. The summed E-state index contributed by atoms with van der Waals surface area (Å²) in [6.45, 7) is 3.21. The zero-order chi connectivity index (χ0) is 15.0. The predicted octanol–water partition coefficient (Wildman–Crippen LogP) is 4.02. The molecule has 0 radical (unpaired) electrons. The van der Waals surface area contributed by atoms with Gasteiger partial charge in [-0.25, -0.2) is 0 Å². The third-order valence-corrected chi connectivity index (χ3v) is 6.30. The van der Waals surface area contributed by atoms with Crippen molar-refractivity contribution in [3.05, 3.63) is 21.1 Å². The van der Waals surface area contributed by atoms with Crippen LogP contribution in [0.1, 0.15) is 55.1 Å². The van der Waals surface area contributed by atoms with E-state index >= 15 is 0 Å². The van der Waals surface area contributed by atoms with Gasteiger partial charge in [-0.2, -0.15) is 0 Å². The number of anilines is 1. The highest BCUT2D eigenvalue weighted by Crippen LogP contribution is 2.48. The molecule has 0 atom stereocenters. The Morgan fingerprint density at radius 3 is 2.43 bits per heavy atom. The van der Waals surface area contributed by atoms with Crippen LogP contribution in [-0.4, -0.2) is 23.8 Å². The Bertz CT molecular complexity index is 565. The van der Waals surface area contributed by atoms with Crippen LogP contribution in [0.5, 0.6) is 0 Å². The average molecular weight is 308 g/mol. The monoisotopic (exact) mass is 308 g/mol. The maximum atomic E-state index is 11.5. The molecule has 6 heteroatoms. The summed E-state index contributed by atoms with van der Waals surface area (Å²) in [5.41, 5.74) is 0.582. The van der Waals surface area contributed by atoms with Crippen molar-refractivity contribution in [3.63, 3.8) is 0 Å². The van der Waals surface area contributed by atoms with Crippen molar-refractivity contribution >= 4 is 27.8 Å². The molecule has 1 saturated heterocycles. The van der Waals surface area contributed by atoms with E-state index in [4.69, 9.17) is 0 Å². The smallest absolute Gasteiger partial charge is 0.304 e. The lowest BCUT2D eigenvalue weighted by Crippen LogP contribution is -2.38. The van der Waals surface area contributed by atoms with Gasteiger partial charge in [-0.05, 0) is 38.0 Å². The van der Waals surface area contributed by atoms with E-state index in [1.807, 2.05) is 0 Å². The minimum Gasteiger partial charge on any atom is -0.358 e. The molecule has 21 heavy (non-hydrogen) atoms. The summed E-state index contributed by atoms with van der Waals surface area (Å²) >= 11 is 1.27. The van der Waals surface area contributed by atoms with Crippen LogP contribution in [0.2, 0.25) is 0 Å². The van der Waals surface area contributed by atoms with Crippen molar-refractivity contribution in [2.75, 3.05) is 18.0 Å². The van der Waals surface area contributed by atoms with Crippen LogP contribution < -0.4 is 4.90 Å². The number of carbonyl (C=O) groups is 1. The van der Waals surface area contributed by atoms with Crippen LogP contribution in [0.3, 0.4) is 0 Å². The summed E-state index contributed by atoms with van der Waals surface area (Å²) in [4.78, 5) is 24.9. The molecule has 114 valence electrons. The van der Waals surface area contributed by atoms with E-state index in [2.05, 4.69) is 4.90 Å². The molecule has 1 spiro atoms. The Labute approximate surface area is 128 Å². The minimum atomic E-state index is -0.363. The number of hydrogen-bond donors (Lipinski definition) is 0. The van der Waals surface area contributed by atoms with E-state index in [-0.39, 0.29) is 16.4 Å². The number of hydrogen-bond acceptors (Lipinski definition) is 5. The molecule has 0 bridgehead atoms. The second-order valence-electron chi connectivity index (χ2n) is 6.31. The van der Waals surface area contributed by atoms with Gasteiger partial charge in [-0.15, -0.1) is 11.3 Å². The molecule has 0 N–H and O–H groups in total. The Morgan fingerprint density at radius 1 is 1.29 bits per heavy atom. The average Bonchev–Trinajstić information content (AvgIpc) is 3.07. The maximum absolute atomic E-state index is 11.5. The van der Waals surface area contributed by atoms with Gasteiger partial charge in [0.1, 0.15) is 0 Å². The summed E-state index contributed by atoms with van der Waals surface area (Å²) in [5, 5.41) is 11.9. The number of ketones is 1. The Kier molecular flexibility index (Phi) is 3.73. The van der Waals surface area contributed by atoms with E-state index in [1.54, 1.807) is 0 Å². The number of piperidine rings is 1. The summed E-state index contributed by atoms with van der Waals surface area (Å²) in [7, 11) is 0. The predicted molar refractivity (Wildman–Crippen MR) is 83.3 cm³/mol. The molecule has 2 aliphatic rings. The standard InChI is InChI=1S/C15H20N2O3S/c1-11(18)13-10-12(17(19)20)14(21-13)16-8-6-15(7-9-16)4-2-3-5-15/h10H,2-9H2,1H3. The zero-order valence-electron chi connectivity index (χ0n) is 12.3. The molecule has 1 saturated carbocycles. The van der Waals surface area contributed by atoms with Gasteiger partial charge >= 0.3 is 5.69 Å². The first-order valence-corrected chi connectivity index (χ1v) is 8.37. The van der Waals surface area contributed by atoms with Gasteiger partial charge in [0.25, 0.3) is 0 Å². The highest BCUT2D eigenvalue weighted by Gasteiger charge is 2.38. The molecular formula is C15H20N2O3S. The molecular weight excluding hydrogens is 288 g/mol. The Morgan fingerprint density at radius 2 is 1.90 bits per heavy atom. The van der Waals surface area contributed by atoms with Gasteiger partial charge < -0.3 is 4.90 Å². The lowest BCUT2D eigenvalue weighted by Gasteiger charge is -2.39. The molecule has 5 nitrogen and oxygen atoms in total. The number of Topliss-reactive ketones (excluding diaryl/α,β-unsaturated/α-hetero) is 1. The molecule has 1 aromatic heterocycles. The van der Waals surface area contributed by atoms with Crippen LogP contribution >= 0.6 is 11.3 Å². The fourth-order valence-electron chi connectivity index (χ4n) is 3.71. The second-order valence-corrected chi connectivity index (χ2v) is 7.34. The maximum Gasteiger partial charge on any atom is 0.304 e. The molecule has 1 aliphatic carbocycles. The van der Waals surface area contributed by atoms with E-state index in [1.165, 1.54) is 50.0 Å². The highest BCUT2D eigenvalue weighted by molar-refractivity contribution is 7.18. The van der Waals surface area contributed by atoms with Gasteiger partial charge in [0.15, 0.2) is 10.8 Å². The van der Waals surface area contributed by atoms with Crippen molar-refractivity contribution in [2.24, 2.45) is 5.41 Å². The van der Waals surface area contributed by atoms with Gasteiger partial charge in [-0.1, -0.05) is 12.8 Å². The van der Waals surface area contributed by atoms with Crippen LogP contribution in [0, 0.1) is 15.5 Å². The molecule has 0 amide bonds. The SMILES string of the molecule is CC(=O)c1cc([N+](=O)[O-])c(N2CCC3(CCCC3)CC2)s1. The largest absolute Gasteiger partial charge is 0.358 e. The summed E-state index contributed by atoms with van der Waals surface area (Å²) < 4.78 is 0. The van der Waals surface area contributed by atoms with E-state index in [9.17, 15) is 14.9 Å². The third kappa shape index (κ3) is 2.69. The van der Waals surface area contributed by atoms with Gasteiger partial charge in [-0.3, -0.25) is 14.9 Å². The van der Waals surface area contributed by atoms with Crippen molar-refractivity contribution in [2.45, 2.75) is 45.4 Å². The summed E-state index contributed by atoms with van der Waals surface area (Å²) in [5.74, 6) is -0.0985. The van der Waals surface area contributed by atoms with Crippen LogP contribution in [0.25, 0.3) is 0 Å². The van der Waals surface area contributed by atoms with Gasteiger partial charge in [0.2, 0.25) is 0 Å². The lowest BCUT2D eigenvalue weighted by atomic mass is 9.77. The summed E-state index contributed by atoms with van der Waals surface area (Å²) in [6.07, 6.45) is 7.52. The third-order valence-electron chi connectivity index (χ3n) is 5.01. The Balaban J connectivity index is 1.81. The van der Waals surface area contributed by atoms with E-state index in [0.717, 1.165) is 25.9 Å². The number of nitro groups is 1. The second kappa shape index (κ2) is 5.40. The highest BCUT2D eigenvalue weighted by atomic mass is 32.1. The minimum absolute atomic E-state index is 0.0903. The molecule has 1 aromatic rings. The molecule has 0 aromatic carbocycles. The zero-order valence-corrected chi connectivity index (χ0v) is 13.1. The van der Waals surface area contributed by atoms with Gasteiger partial charge in [0.05, 0.1) is 9.80 Å². The molecule has 3 rings (SSSR count). The topological polar surface area (TPSA) is 63.4 Å². The molecule has 0 unspecified atom stereocenters. The van der Waals surface area contributed by atoms with Crippen LogP contribution in [0.4, 0.5) is 10.7 Å². The lowest BCUT2D eigenvalue weighted by molar-refractivity contribution is -0.383. The fourth-order valence-corrected chi connectivity index (χ4v) is 4.78.